The first-order chi connectivity index (χ1) is 9.09. The van der Waals surface area contributed by atoms with Gasteiger partial charge in [-0.3, -0.25) is 4.90 Å². The van der Waals surface area contributed by atoms with E-state index >= 15 is 0 Å². The van der Waals surface area contributed by atoms with Crippen LogP contribution < -0.4 is 0 Å². The normalized spacial score (nSPS) is 21.3. The van der Waals surface area contributed by atoms with Crippen molar-refractivity contribution in [3.8, 4) is 0 Å². The molecule has 2 rings (SSSR count). The molecule has 1 fully saturated rings. The van der Waals surface area contributed by atoms with Gasteiger partial charge >= 0.3 is 0 Å². The lowest BCUT2D eigenvalue weighted by Crippen LogP contribution is -2.38. The molecule has 0 N–H and O–H groups in total. The zero-order valence-corrected chi connectivity index (χ0v) is 13.4. The smallest absolute Gasteiger partial charge is 0.101 e. The van der Waals surface area contributed by atoms with Gasteiger partial charge in [-0.1, -0.05) is 26.3 Å². The lowest BCUT2D eigenvalue weighted by molar-refractivity contribution is 0.110. The zero-order chi connectivity index (χ0) is 13.8. The molecule has 0 aromatic carbocycles. The molecule has 1 aromatic rings. The molecular weight excluding hydrogens is 252 g/mol. The molecule has 0 aliphatic carbocycles. The maximum absolute atomic E-state index is 4.62. The van der Waals surface area contributed by atoms with Gasteiger partial charge in [-0.05, 0) is 39.3 Å². The summed E-state index contributed by atoms with van der Waals surface area (Å²) < 4.78 is 0. The average Bonchev–Trinajstić information content (AvgIpc) is 2.38. The minimum Gasteiger partial charge on any atom is -0.294 e. The van der Waals surface area contributed by atoms with Gasteiger partial charge in [-0.25, -0.2) is 4.98 Å². The summed E-state index contributed by atoms with van der Waals surface area (Å²) in [5, 5.41) is 1.82. The quantitative estimate of drug-likeness (QED) is 0.753. The summed E-state index contributed by atoms with van der Waals surface area (Å²) in [6.07, 6.45) is 5.88. The largest absolute Gasteiger partial charge is 0.294 e. The lowest BCUT2D eigenvalue weighted by Gasteiger charge is -2.39. The summed E-state index contributed by atoms with van der Waals surface area (Å²) in [5.74, 6) is 0. The van der Waals surface area contributed by atoms with E-state index in [9.17, 15) is 0 Å². The molecule has 19 heavy (non-hydrogen) atoms. The van der Waals surface area contributed by atoms with Gasteiger partial charge in [-0.2, -0.15) is 0 Å². The summed E-state index contributed by atoms with van der Waals surface area (Å²) in [7, 11) is 0. The summed E-state index contributed by atoms with van der Waals surface area (Å²) >= 11 is 1.89. The molecule has 106 valence electrons. The van der Waals surface area contributed by atoms with Crippen LogP contribution >= 0.6 is 11.8 Å². The van der Waals surface area contributed by atoms with E-state index < -0.39 is 0 Å². The van der Waals surface area contributed by atoms with Crippen molar-refractivity contribution in [1.82, 2.24) is 9.88 Å². The van der Waals surface area contributed by atoms with Gasteiger partial charge in [0.2, 0.25) is 0 Å². The molecule has 1 aliphatic heterocycles. The van der Waals surface area contributed by atoms with Crippen LogP contribution in [0.3, 0.4) is 0 Å². The van der Waals surface area contributed by atoms with Crippen molar-refractivity contribution in [2.75, 3.05) is 6.54 Å². The van der Waals surface area contributed by atoms with Crippen LogP contribution in [0.15, 0.2) is 23.4 Å². The number of thioether (sulfide) groups is 1. The second-order valence-corrected chi connectivity index (χ2v) is 7.47. The highest BCUT2D eigenvalue weighted by Crippen LogP contribution is 2.37. The zero-order valence-electron chi connectivity index (χ0n) is 12.6. The van der Waals surface area contributed by atoms with E-state index in [0.29, 0.717) is 17.3 Å². The highest BCUT2D eigenvalue weighted by molar-refractivity contribution is 7.99. The van der Waals surface area contributed by atoms with Gasteiger partial charge in [0.05, 0.1) is 0 Å². The van der Waals surface area contributed by atoms with Crippen LogP contribution in [0.5, 0.6) is 0 Å². The highest BCUT2D eigenvalue weighted by Gasteiger charge is 2.28. The van der Waals surface area contributed by atoms with Gasteiger partial charge < -0.3 is 0 Å². The summed E-state index contributed by atoms with van der Waals surface area (Å²) in [4.78, 5) is 7.27. The van der Waals surface area contributed by atoms with E-state index in [-0.39, 0.29) is 0 Å². The number of piperidine rings is 1. The number of aromatic nitrogens is 1. The number of hydrogen-bond acceptors (Lipinski definition) is 3. The van der Waals surface area contributed by atoms with E-state index in [4.69, 9.17) is 0 Å². The fourth-order valence-electron chi connectivity index (χ4n) is 2.88. The highest BCUT2D eigenvalue weighted by atomic mass is 32.2. The van der Waals surface area contributed by atoms with Gasteiger partial charge in [0.1, 0.15) is 5.03 Å². The molecule has 2 nitrogen and oxygen atoms in total. The van der Waals surface area contributed by atoms with Crippen molar-refractivity contribution in [2.24, 2.45) is 0 Å². The number of rotatable bonds is 4. The van der Waals surface area contributed by atoms with Crippen molar-refractivity contribution >= 4 is 11.8 Å². The van der Waals surface area contributed by atoms with E-state index in [2.05, 4.69) is 49.7 Å². The van der Waals surface area contributed by atoms with Gasteiger partial charge in [0, 0.05) is 29.1 Å². The first kappa shape index (κ1) is 14.9. The molecule has 2 heterocycles. The Morgan fingerprint density at radius 1 is 1.26 bits per heavy atom. The number of pyridine rings is 1. The fraction of sp³-hybridized carbons (Fsp3) is 0.688. The van der Waals surface area contributed by atoms with Crippen molar-refractivity contribution in [3.05, 3.63) is 23.9 Å². The van der Waals surface area contributed by atoms with Crippen LogP contribution in [-0.4, -0.2) is 27.7 Å². The Bertz CT molecular complexity index is 403. The van der Waals surface area contributed by atoms with E-state index in [1.54, 1.807) is 0 Å². The topological polar surface area (TPSA) is 16.1 Å². The van der Waals surface area contributed by atoms with Crippen LogP contribution in [-0.2, 0) is 0 Å². The Hall–Kier alpha value is -0.540. The molecule has 0 spiro atoms. The molecule has 0 saturated carbocycles. The molecule has 0 radical (unpaired) electrons. The monoisotopic (exact) mass is 278 g/mol. The van der Waals surface area contributed by atoms with Crippen LogP contribution in [0.25, 0.3) is 0 Å². The second-order valence-electron chi connectivity index (χ2n) is 5.91. The Labute approximate surface area is 122 Å². The summed E-state index contributed by atoms with van der Waals surface area (Å²) in [6.45, 7) is 10.3. The van der Waals surface area contributed by atoms with Crippen LogP contribution in [0.1, 0.15) is 58.6 Å². The molecule has 1 aromatic heterocycles. The van der Waals surface area contributed by atoms with Crippen LogP contribution in [0.4, 0.5) is 0 Å². The van der Waals surface area contributed by atoms with Crippen LogP contribution in [0.2, 0.25) is 0 Å². The van der Waals surface area contributed by atoms with E-state index in [0.717, 1.165) is 0 Å². The predicted molar refractivity (Wildman–Crippen MR) is 83.7 cm³/mol. The summed E-state index contributed by atoms with van der Waals surface area (Å²) in [6, 6.07) is 5.54. The molecule has 3 heteroatoms. The first-order valence-corrected chi connectivity index (χ1v) is 8.35. The minimum absolute atomic E-state index is 0.559. The lowest BCUT2D eigenvalue weighted by atomic mass is 9.95. The Morgan fingerprint density at radius 2 is 2.05 bits per heavy atom. The second kappa shape index (κ2) is 6.76. The van der Waals surface area contributed by atoms with Crippen molar-refractivity contribution < 1.29 is 0 Å². The van der Waals surface area contributed by atoms with Crippen LogP contribution in [0, 0.1) is 0 Å². The molecule has 1 aliphatic rings. The van der Waals surface area contributed by atoms with E-state index in [1.165, 1.54) is 36.4 Å². The van der Waals surface area contributed by atoms with Gasteiger partial charge in [0.25, 0.3) is 0 Å². The molecule has 0 bridgehead atoms. The molecular formula is C16H26N2S. The van der Waals surface area contributed by atoms with E-state index in [1.807, 2.05) is 18.0 Å². The third kappa shape index (κ3) is 3.73. The van der Waals surface area contributed by atoms with Crippen molar-refractivity contribution in [2.45, 2.75) is 69.3 Å². The standard InChI is InChI=1S/C16H26N2S/c1-12(2)18-11-6-5-9-15(18)14-8-7-10-17-16(14)19-13(3)4/h7-8,10,12-13,15H,5-6,9,11H2,1-4H3/t15-/m0/s1. The Morgan fingerprint density at radius 3 is 2.74 bits per heavy atom. The SMILES string of the molecule is CC(C)Sc1ncccc1[C@@H]1CCCCN1C(C)C. The molecule has 0 amide bonds. The van der Waals surface area contributed by atoms with Crippen molar-refractivity contribution in [3.63, 3.8) is 0 Å². The number of likely N-dealkylation sites (tertiary alicyclic amines) is 1. The molecule has 0 unspecified atom stereocenters. The fourth-order valence-corrected chi connectivity index (χ4v) is 3.79. The van der Waals surface area contributed by atoms with Crippen molar-refractivity contribution in [1.29, 1.82) is 0 Å². The Balaban J connectivity index is 2.28. The number of nitrogens with zero attached hydrogens (tertiary/aromatic N) is 2. The third-order valence-corrected chi connectivity index (χ3v) is 4.75. The average molecular weight is 278 g/mol. The maximum atomic E-state index is 4.62. The first-order valence-electron chi connectivity index (χ1n) is 7.47. The van der Waals surface area contributed by atoms with Gasteiger partial charge in [0.15, 0.2) is 0 Å². The van der Waals surface area contributed by atoms with Gasteiger partial charge in [-0.15, -0.1) is 11.8 Å². The predicted octanol–water partition coefficient (Wildman–Crippen LogP) is 4.52. The summed E-state index contributed by atoms with van der Waals surface area (Å²) in [5.41, 5.74) is 1.44. The minimum atomic E-state index is 0.559. The molecule has 1 atom stereocenters. The third-order valence-electron chi connectivity index (χ3n) is 3.71. The number of hydrogen-bond donors (Lipinski definition) is 0. The molecule has 1 saturated heterocycles. The Kier molecular flexibility index (Phi) is 5.28. The maximum Gasteiger partial charge on any atom is 0.101 e.